The Kier molecular flexibility index (Phi) is 6.52. The molecule has 0 aromatic heterocycles. The van der Waals surface area contributed by atoms with Gasteiger partial charge in [0.25, 0.3) is 0 Å². The average molecular weight is 478 g/mol. The van der Waals surface area contributed by atoms with E-state index in [1.165, 1.54) is 6.07 Å². The molecule has 0 saturated carbocycles. The van der Waals surface area contributed by atoms with Gasteiger partial charge in [-0.2, -0.15) is 0 Å². The molecule has 4 rings (SSSR count). The molecule has 3 aromatic carbocycles. The molecule has 1 saturated heterocycles. The van der Waals surface area contributed by atoms with Crippen molar-refractivity contribution in [2.24, 2.45) is 22.5 Å². The minimum atomic E-state index is -3.84. The van der Waals surface area contributed by atoms with Crippen molar-refractivity contribution < 1.29 is 13.2 Å². The second-order valence-electron chi connectivity index (χ2n) is 8.59. The molecule has 0 radical (unpaired) electrons. The zero-order chi connectivity index (χ0) is 24.5. The van der Waals surface area contributed by atoms with Gasteiger partial charge in [0, 0.05) is 36.7 Å². The Hall–Kier alpha value is -3.53. The van der Waals surface area contributed by atoms with Gasteiger partial charge in [-0.25, -0.2) is 13.6 Å². The second-order valence-corrected chi connectivity index (χ2v) is 10.1. The van der Waals surface area contributed by atoms with Crippen molar-refractivity contribution in [3.05, 3.63) is 89.5 Å². The molecular weight excluding hydrogens is 450 g/mol. The molecule has 3 aromatic rings. The standard InChI is InChI=1S/C25H27N5O3S/c26-24(27)19-5-3-4-18(12-19)21-14-30(15-22(21)25(28)31)13-16-8-10-17(11-9-16)20-6-1-2-7-23(20)34(29,32)33/h1-12,21-22H,13-15H2,(H3,26,27)(H2,28,31)(H2,29,32,33)/t21-,22+/m1/s1. The van der Waals surface area contributed by atoms with E-state index >= 15 is 0 Å². The summed E-state index contributed by atoms with van der Waals surface area (Å²) in [6, 6.07) is 21.7. The number of benzene rings is 3. The molecule has 1 aliphatic rings. The Morgan fingerprint density at radius 2 is 1.68 bits per heavy atom. The van der Waals surface area contributed by atoms with Crippen molar-refractivity contribution >= 4 is 21.8 Å². The van der Waals surface area contributed by atoms with Crippen molar-refractivity contribution in [3.63, 3.8) is 0 Å². The van der Waals surface area contributed by atoms with Gasteiger partial charge in [-0.15, -0.1) is 0 Å². The van der Waals surface area contributed by atoms with Gasteiger partial charge >= 0.3 is 0 Å². The lowest BCUT2D eigenvalue weighted by atomic mass is 9.87. The third-order valence-electron chi connectivity index (χ3n) is 6.25. The van der Waals surface area contributed by atoms with Crippen molar-refractivity contribution in [2.75, 3.05) is 13.1 Å². The van der Waals surface area contributed by atoms with E-state index in [1.54, 1.807) is 24.3 Å². The van der Waals surface area contributed by atoms with Crippen LogP contribution in [0.25, 0.3) is 11.1 Å². The Morgan fingerprint density at radius 1 is 0.971 bits per heavy atom. The van der Waals surface area contributed by atoms with Crippen molar-refractivity contribution in [1.82, 2.24) is 4.90 Å². The fourth-order valence-electron chi connectivity index (χ4n) is 4.58. The van der Waals surface area contributed by atoms with E-state index in [9.17, 15) is 13.2 Å². The maximum absolute atomic E-state index is 12.2. The second kappa shape index (κ2) is 9.38. The summed E-state index contributed by atoms with van der Waals surface area (Å²) in [5, 5.41) is 13.1. The van der Waals surface area contributed by atoms with Crippen LogP contribution in [0.1, 0.15) is 22.6 Å². The van der Waals surface area contributed by atoms with Crippen LogP contribution >= 0.6 is 0 Å². The summed E-state index contributed by atoms with van der Waals surface area (Å²) in [7, 11) is -3.84. The number of nitrogens with zero attached hydrogens (tertiary/aromatic N) is 1. The van der Waals surface area contributed by atoms with Crippen molar-refractivity contribution in [3.8, 4) is 11.1 Å². The number of primary sulfonamides is 1. The van der Waals surface area contributed by atoms with Gasteiger partial charge < -0.3 is 11.5 Å². The summed E-state index contributed by atoms with van der Waals surface area (Å²) in [5.74, 6) is -0.798. The highest BCUT2D eigenvalue weighted by Gasteiger charge is 2.37. The van der Waals surface area contributed by atoms with E-state index in [-0.39, 0.29) is 28.5 Å². The molecule has 0 aliphatic carbocycles. The van der Waals surface area contributed by atoms with Gasteiger partial charge in [-0.3, -0.25) is 15.1 Å². The number of hydrogen-bond acceptors (Lipinski definition) is 5. The first kappa shape index (κ1) is 23.6. The third kappa shape index (κ3) is 5.01. The molecular formula is C25H27N5O3S. The van der Waals surface area contributed by atoms with E-state index in [2.05, 4.69) is 4.90 Å². The molecule has 1 fully saturated rings. The van der Waals surface area contributed by atoms with Gasteiger partial charge in [0.05, 0.1) is 10.8 Å². The fourth-order valence-corrected chi connectivity index (χ4v) is 5.34. The quantitative estimate of drug-likeness (QED) is 0.302. The number of primary amides is 1. The molecule has 1 heterocycles. The van der Waals surface area contributed by atoms with E-state index < -0.39 is 10.0 Å². The minimum absolute atomic E-state index is 0.0172. The normalized spacial score (nSPS) is 18.6. The van der Waals surface area contributed by atoms with E-state index in [4.69, 9.17) is 22.0 Å². The van der Waals surface area contributed by atoms with Crippen molar-refractivity contribution in [2.45, 2.75) is 17.4 Å². The molecule has 1 aliphatic heterocycles. The van der Waals surface area contributed by atoms with Gasteiger partial charge in [0.1, 0.15) is 5.84 Å². The number of sulfonamides is 1. The molecule has 2 atom stereocenters. The summed E-state index contributed by atoms with van der Waals surface area (Å²) >= 11 is 0. The molecule has 34 heavy (non-hydrogen) atoms. The zero-order valence-electron chi connectivity index (χ0n) is 18.5. The number of carbonyl (C=O) groups excluding carboxylic acids is 1. The summed E-state index contributed by atoms with van der Waals surface area (Å²) in [4.78, 5) is 14.4. The van der Waals surface area contributed by atoms with Gasteiger partial charge in [-0.1, -0.05) is 60.7 Å². The lowest BCUT2D eigenvalue weighted by Crippen LogP contribution is -2.29. The van der Waals surface area contributed by atoms with Crippen LogP contribution < -0.4 is 16.6 Å². The first-order chi connectivity index (χ1) is 16.1. The van der Waals surface area contributed by atoms with E-state index in [1.807, 2.05) is 42.5 Å². The SMILES string of the molecule is N=C(N)c1cccc([C@H]2CN(Cc3ccc(-c4ccccc4S(N)(=O)=O)cc3)C[C@@H]2C(N)=O)c1. The van der Waals surface area contributed by atoms with Crippen LogP contribution in [0.2, 0.25) is 0 Å². The molecule has 1 amide bonds. The van der Waals surface area contributed by atoms with Gasteiger partial charge in [0.2, 0.25) is 15.9 Å². The number of nitrogen functional groups attached to an aromatic ring is 1. The number of amides is 1. The predicted molar refractivity (Wildman–Crippen MR) is 131 cm³/mol. The van der Waals surface area contributed by atoms with Crippen LogP contribution in [0.3, 0.4) is 0 Å². The van der Waals surface area contributed by atoms with Crippen LogP contribution in [0.5, 0.6) is 0 Å². The van der Waals surface area contributed by atoms with Crippen molar-refractivity contribution in [1.29, 1.82) is 5.41 Å². The zero-order valence-corrected chi connectivity index (χ0v) is 19.3. The first-order valence-electron chi connectivity index (χ1n) is 10.8. The Bertz CT molecular complexity index is 1340. The molecule has 9 heteroatoms. The summed E-state index contributed by atoms with van der Waals surface area (Å²) in [5.41, 5.74) is 15.2. The third-order valence-corrected chi connectivity index (χ3v) is 7.22. The van der Waals surface area contributed by atoms with E-state index in [0.29, 0.717) is 30.8 Å². The Labute approximate surface area is 198 Å². The fraction of sp³-hybridized carbons (Fsp3) is 0.200. The van der Waals surface area contributed by atoms with E-state index in [0.717, 1.165) is 16.7 Å². The smallest absolute Gasteiger partial charge is 0.238 e. The maximum atomic E-state index is 12.2. The molecule has 176 valence electrons. The number of likely N-dealkylation sites (tertiary alicyclic amines) is 1. The highest BCUT2D eigenvalue weighted by Crippen LogP contribution is 2.34. The molecule has 0 unspecified atom stereocenters. The lowest BCUT2D eigenvalue weighted by molar-refractivity contribution is -0.121. The molecule has 7 N–H and O–H groups in total. The number of nitrogens with one attached hydrogen (secondary N) is 1. The van der Waals surface area contributed by atoms with Crippen LogP contribution in [0.15, 0.2) is 77.7 Å². The number of hydrogen-bond donors (Lipinski definition) is 4. The largest absolute Gasteiger partial charge is 0.384 e. The summed E-state index contributed by atoms with van der Waals surface area (Å²) < 4.78 is 23.9. The minimum Gasteiger partial charge on any atom is -0.384 e. The first-order valence-corrected chi connectivity index (χ1v) is 12.4. The summed E-state index contributed by atoms with van der Waals surface area (Å²) in [6.45, 7) is 1.79. The average Bonchev–Trinajstić information content (AvgIpc) is 3.23. The van der Waals surface area contributed by atoms with Crippen LogP contribution in [-0.4, -0.2) is 38.2 Å². The highest BCUT2D eigenvalue weighted by atomic mass is 32.2. The lowest BCUT2D eigenvalue weighted by Gasteiger charge is -2.17. The maximum Gasteiger partial charge on any atom is 0.238 e. The molecule has 0 spiro atoms. The molecule has 0 bridgehead atoms. The van der Waals surface area contributed by atoms with Gasteiger partial charge in [0.15, 0.2) is 0 Å². The topological polar surface area (TPSA) is 156 Å². The van der Waals surface area contributed by atoms with Gasteiger partial charge in [-0.05, 0) is 28.8 Å². The number of carbonyl (C=O) groups is 1. The number of nitrogens with two attached hydrogens (primary N) is 3. The number of rotatable bonds is 7. The monoisotopic (exact) mass is 477 g/mol. The van der Waals surface area contributed by atoms with Crippen LogP contribution in [-0.2, 0) is 21.4 Å². The Balaban J connectivity index is 1.53. The highest BCUT2D eigenvalue weighted by molar-refractivity contribution is 7.89. The predicted octanol–water partition coefficient (Wildman–Crippen LogP) is 1.99. The molecule has 8 nitrogen and oxygen atoms in total. The number of amidine groups is 1. The Morgan fingerprint density at radius 3 is 2.32 bits per heavy atom. The van der Waals surface area contributed by atoms with Crippen LogP contribution in [0.4, 0.5) is 0 Å². The van der Waals surface area contributed by atoms with Crippen LogP contribution in [0, 0.1) is 11.3 Å². The summed E-state index contributed by atoms with van der Waals surface area (Å²) in [6.07, 6.45) is 0.